The molecule has 0 aromatic carbocycles. The normalized spacial score (nSPS) is 18.8. The molecule has 1 unspecified atom stereocenters. The average Bonchev–Trinajstić information content (AvgIpc) is 2.82. The van der Waals surface area contributed by atoms with E-state index in [1.54, 1.807) is 4.90 Å². The second kappa shape index (κ2) is 6.87. The molecule has 1 aliphatic rings. The first-order valence-corrected chi connectivity index (χ1v) is 7.87. The van der Waals surface area contributed by atoms with Crippen molar-refractivity contribution in [2.75, 3.05) is 6.54 Å². The third-order valence-corrected chi connectivity index (χ3v) is 4.41. The number of aromatic nitrogens is 2. The van der Waals surface area contributed by atoms with E-state index in [-0.39, 0.29) is 17.7 Å². The Kier molecular flexibility index (Phi) is 5.15. The number of carbonyl (C=O) groups excluding carboxylic acids is 2. The summed E-state index contributed by atoms with van der Waals surface area (Å²) in [5, 5.41) is 7.11. The summed E-state index contributed by atoms with van der Waals surface area (Å²) in [4.78, 5) is 26.3. The maximum atomic E-state index is 12.5. The van der Waals surface area contributed by atoms with Crippen LogP contribution in [0.25, 0.3) is 0 Å². The van der Waals surface area contributed by atoms with E-state index in [9.17, 15) is 9.59 Å². The molecule has 1 aromatic rings. The van der Waals surface area contributed by atoms with Gasteiger partial charge in [0.2, 0.25) is 5.91 Å². The van der Waals surface area contributed by atoms with Gasteiger partial charge in [0.05, 0.1) is 11.7 Å². The van der Waals surface area contributed by atoms with Crippen LogP contribution in [0.2, 0.25) is 0 Å². The fraction of sp³-hybridized carbons (Fsp3) is 0.688. The molecule has 0 aliphatic carbocycles. The van der Waals surface area contributed by atoms with E-state index in [1.807, 2.05) is 20.8 Å². The van der Waals surface area contributed by atoms with E-state index >= 15 is 0 Å². The highest BCUT2D eigenvalue weighted by Crippen LogP contribution is 2.21. The second-order valence-corrected chi connectivity index (χ2v) is 5.83. The number of Topliss-reactive ketones (excluding diaryl/α,β-unsaturated/α-hetero) is 1. The molecular formula is C16H25N3O2. The molecule has 21 heavy (non-hydrogen) atoms. The van der Waals surface area contributed by atoms with Gasteiger partial charge in [-0.1, -0.05) is 6.92 Å². The number of piperidine rings is 1. The van der Waals surface area contributed by atoms with Crippen LogP contribution in [0.15, 0.2) is 0 Å². The summed E-state index contributed by atoms with van der Waals surface area (Å²) in [5.74, 6) is 0.292. The molecule has 0 saturated carbocycles. The number of aromatic amines is 1. The summed E-state index contributed by atoms with van der Waals surface area (Å²) >= 11 is 0. The SMILES string of the molecule is CCC(=O)C1CCCCN1C(=O)CCc1c(C)n[nH]c1C. The second-order valence-electron chi connectivity index (χ2n) is 5.83. The van der Waals surface area contributed by atoms with Crippen LogP contribution in [0.5, 0.6) is 0 Å². The van der Waals surface area contributed by atoms with Crippen LogP contribution in [-0.2, 0) is 16.0 Å². The molecular weight excluding hydrogens is 266 g/mol. The number of nitrogens with zero attached hydrogens (tertiary/aromatic N) is 2. The van der Waals surface area contributed by atoms with Crippen LogP contribution in [-0.4, -0.2) is 39.4 Å². The third kappa shape index (κ3) is 3.52. The van der Waals surface area contributed by atoms with Crippen molar-refractivity contribution in [2.24, 2.45) is 0 Å². The van der Waals surface area contributed by atoms with Crippen LogP contribution in [0.4, 0.5) is 0 Å². The molecule has 1 fully saturated rings. The zero-order chi connectivity index (χ0) is 15.4. The van der Waals surface area contributed by atoms with Crippen molar-refractivity contribution >= 4 is 11.7 Å². The molecule has 0 radical (unpaired) electrons. The maximum absolute atomic E-state index is 12.5. The lowest BCUT2D eigenvalue weighted by Crippen LogP contribution is -2.47. The number of nitrogens with one attached hydrogen (secondary N) is 1. The molecule has 2 heterocycles. The molecule has 5 heteroatoms. The van der Waals surface area contributed by atoms with Crippen LogP contribution in [0.3, 0.4) is 0 Å². The molecule has 1 amide bonds. The molecule has 1 aromatic heterocycles. The fourth-order valence-corrected chi connectivity index (χ4v) is 3.12. The molecule has 1 N–H and O–H groups in total. The molecule has 0 bridgehead atoms. The quantitative estimate of drug-likeness (QED) is 0.905. The predicted molar refractivity (Wildman–Crippen MR) is 81.0 cm³/mol. The molecule has 0 spiro atoms. The Labute approximate surface area is 126 Å². The minimum atomic E-state index is -0.192. The summed E-state index contributed by atoms with van der Waals surface area (Å²) in [6, 6.07) is -0.192. The summed E-state index contributed by atoms with van der Waals surface area (Å²) in [6.45, 7) is 6.52. The van der Waals surface area contributed by atoms with E-state index < -0.39 is 0 Å². The summed E-state index contributed by atoms with van der Waals surface area (Å²) in [6.07, 6.45) is 4.52. The Bertz CT molecular complexity index is 502. The van der Waals surface area contributed by atoms with Crippen molar-refractivity contribution in [1.82, 2.24) is 15.1 Å². The standard InChI is InChI=1S/C16H25N3O2/c1-4-15(20)14-7-5-6-10-19(14)16(21)9-8-13-11(2)17-18-12(13)3/h14H,4-10H2,1-3H3,(H,17,18). The van der Waals surface area contributed by atoms with Crippen molar-refractivity contribution in [1.29, 1.82) is 0 Å². The number of ketones is 1. The fourth-order valence-electron chi connectivity index (χ4n) is 3.12. The number of rotatable bonds is 5. The van der Waals surface area contributed by atoms with E-state index in [0.29, 0.717) is 19.3 Å². The van der Waals surface area contributed by atoms with Gasteiger partial charge >= 0.3 is 0 Å². The molecule has 5 nitrogen and oxygen atoms in total. The molecule has 1 aliphatic heterocycles. The van der Waals surface area contributed by atoms with Gasteiger partial charge < -0.3 is 4.90 Å². The highest BCUT2D eigenvalue weighted by atomic mass is 16.2. The molecule has 1 atom stereocenters. The Morgan fingerprint density at radius 1 is 1.33 bits per heavy atom. The number of likely N-dealkylation sites (tertiary alicyclic amines) is 1. The number of carbonyl (C=O) groups is 2. The highest BCUT2D eigenvalue weighted by Gasteiger charge is 2.30. The first-order valence-electron chi connectivity index (χ1n) is 7.87. The lowest BCUT2D eigenvalue weighted by atomic mass is 9.96. The topological polar surface area (TPSA) is 66.1 Å². The van der Waals surface area contributed by atoms with Crippen LogP contribution >= 0.6 is 0 Å². The first-order chi connectivity index (χ1) is 10.0. The lowest BCUT2D eigenvalue weighted by molar-refractivity contribution is -0.141. The summed E-state index contributed by atoms with van der Waals surface area (Å²) < 4.78 is 0. The number of H-pyrrole nitrogens is 1. The zero-order valence-corrected chi connectivity index (χ0v) is 13.2. The maximum Gasteiger partial charge on any atom is 0.223 e. The van der Waals surface area contributed by atoms with Crippen LogP contribution in [0.1, 0.15) is 56.0 Å². The Morgan fingerprint density at radius 2 is 2.10 bits per heavy atom. The van der Waals surface area contributed by atoms with Crippen molar-refractivity contribution in [3.8, 4) is 0 Å². The number of aryl methyl sites for hydroxylation is 2. The number of amides is 1. The summed E-state index contributed by atoms with van der Waals surface area (Å²) in [7, 11) is 0. The van der Waals surface area contributed by atoms with Gasteiger partial charge in [-0.05, 0) is 45.1 Å². The van der Waals surface area contributed by atoms with Crippen molar-refractivity contribution in [3.63, 3.8) is 0 Å². The van der Waals surface area contributed by atoms with Crippen LogP contribution in [0, 0.1) is 13.8 Å². The van der Waals surface area contributed by atoms with Crippen molar-refractivity contribution < 1.29 is 9.59 Å². The van der Waals surface area contributed by atoms with Gasteiger partial charge in [0.1, 0.15) is 0 Å². The van der Waals surface area contributed by atoms with E-state index in [0.717, 1.165) is 42.8 Å². The van der Waals surface area contributed by atoms with Gasteiger partial charge in [0.15, 0.2) is 5.78 Å². The number of hydrogen-bond acceptors (Lipinski definition) is 3. The molecule has 2 rings (SSSR count). The van der Waals surface area contributed by atoms with Gasteiger partial charge in [-0.25, -0.2) is 0 Å². The highest BCUT2D eigenvalue weighted by molar-refractivity contribution is 5.89. The monoisotopic (exact) mass is 291 g/mol. The zero-order valence-electron chi connectivity index (χ0n) is 13.2. The molecule has 1 saturated heterocycles. The Hall–Kier alpha value is -1.65. The first kappa shape index (κ1) is 15.7. The minimum Gasteiger partial charge on any atom is -0.333 e. The van der Waals surface area contributed by atoms with E-state index in [1.165, 1.54) is 0 Å². The van der Waals surface area contributed by atoms with Crippen molar-refractivity contribution in [2.45, 2.75) is 65.3 Å². The van der Waals surface area contributed by atoms with Gasteiger partial charge in [-0.3, -0.25) is 14.7 Å². The third-order valence-electron chi connectivity index (χ3n) is 4.41. The Morgan fingerprint density at radius 3 is 2.71 bits per heavy atom. The van der Waals surface area contributed by atoms with Crippen molar-refractivity contribution in [3.05, 3.63) is 17.0 Å². The minimum absolute atomic E-state index is 0.0986. The summed E-state index contributed by atoms with van der Waals surface area (Å²) in [5.41, 5.74) is 3.11. The largest absolute Gasteiger partial charge is 0.333 e. The number of hydrogen-bond donors (Lipinski definition) is 1. The molecule has 116 valence electrons. The van der Waals surface area contributed by atoms with Gasteiger partial charge in [-0.15, -0.1) is 0 Å². The average molecular weight is 291 g/mol. The van der Waals surface area contributed by atoms with Crippen LogP contribution < -0.4 is 0 Å². The Balaban J connectivity index is 1.99. The lowest BCUT2D eigenvalue weighted by Gasteiger charge is -2.34. The predicted octanol–water partition coefficient (Wildman–Crippen LogP) is 2.32. The van der Waals surface area contributed by atoms with E-state index in [4.69, 9.17) is 0 Å². The van der Waals surface area contributed by atoms with E-state index in [2.05, 4.69) is 10.2 Å². The van der Waals surface area contributed by atoms with Gasteiger partial charge in [-0.2, -0.15) is 5.10 Å². The smallest absolute Gasteiger partial charge is 0.223 e. The van der Waals surface area contributed by atoms with Gasteiger partial charge in [0, 0.05) is 25.1 Å². The van der Waals surface area contributed by atoms with Gasteiger partial charge in [0.25, 0.3) is 0 Å².